The van der Waals surface area contributed by atoms with Gasteiger partial charge in [-0.2, -0.15) is 0 Å². The van der Waals surface area contributed by atoms with E-state index in [4.69, 9.17) is 16.7 Å². The molecule has 0 aliphatic heterocycles. The fourth-order valence-corrected chi connectivity index (χ4v) is 2.17. The Labute approximate surface area is 123 Å². The topological polar surface area (TPSA) is 40.5 Å². The molecule has 0 bridgehead atoms. The molecule has 20 heavy (non-hydrogen) atoms. The highest BCUT2D eigenvalue weighted by molar-refractivity contribution is 6.30. The van der Waals surface area contributed by atoms with Gasteiger partial charge in [0.1, 0.15) is 0 Å². The van der Waals surface area contributed by atoms with E-state index in [0.29, 0.717) is 23.7 Å². The fraction of sp³-hybridized carbons (Fsp3) is 0.188. The lowest BCUT2D eigenvalue weighted by atomic mass is 10.1. The first-order valence-electron chi connectivity index (χ1n) is 6.40. The van der Waals surface area contributed by atoms with E-state index in [1.165, 1.54) is 0 Å². The SMILES string of the molecule is O=C(c1cccc(Cl)c1)N(CCO)Cc1ccccc1. The minimum Gasteiger partial charge on any atom is -0.395 e. The number of hydrogen-bond acceptors (Lipinski definition) is 2. The molecule has 0 saturated carbocycles. The third kappa shape index (κ3) is 3.83. The molecule has 0 radical (unpaired) electrons. The number of benzene rings is 2. The van der Waals surface area contributed by atoms with Crippen LogP contribution in [0.4, 0.5) is 0 Å². The van der Waals surface area contributed by atoms with Crippen LogP contribution in [-0.2, 0) is 6.54 Å². The molecule has 0 atom stereocenters. The Morgan fingerprint density at radius 1 is 1.10 bits per heavy atom. The standard InChI is InChI=1S/C16H16ClNO2/c17-15-8-4-7-14(11-15)16(20)18(9-10-19)12-13-5-2-1-3-6-13/h1-8,11,19H,9-10,12H2. The van der Waals surface area contributed by atoms with Crippen molar-refractivity contribution in [2.75, 3.05) is 13.2 Å². The second-order valence-corrected chi connectivity index (χ2v) is 4.88. The molecule has 0 aliphatic carbocycles. The maximum Gasteiger partial charge on any atom is 0.254 e. The molecule has 3 nitrogen and oxygen atoms in total. The van der Waals surface area contributed by atoms with Crippen LogP contribution < -0.4 is 0 Å². The zero-order valence-corrected chi connectivity index (χ0v) is 11.8. The van der Waals surface area contributed by atoms with Gasteiger partial charge in [0.2, 0.25) is 0 Å². The van der Waals surface area contributed by atoms with Gasteiger partial charge in [-0.15, -0.1) is 0 Å². The summed E-state index contributed by atoms with van der Waals surface area (Å²) >= 11 is 5.91. The molecular weight excluding hydrogens is 274 g/mol. The lowest BCUT2D eigenvalue weighted by Gasteiger charge is -2.22. The lowest BCUT2D eigenvalue weighted by molar-refractivity contribution is 0.0708. The molecule has 0 spiro atoms. The van der Waals surface area contributed by atoms with E-state index >= 15 is 0 Å². The van der Waals surface area contributed by atoms with Crippen molar-refractivity contribution >= 4 is 17.5 Å². The van der Waals surface area contributed by atoms with Crippen LogP contribution in [-0.4, -0.2) is 29.1 Å². The minimum absolute atomic E-state index is 0.0703. The summed E-state index contributed by atoms with van der Waals surface area (Å²) in [6.45, 7) is 0.687. The van der Waals surface area contributed by atoms with Crippen molar-refractivity contribution in [2.45, 2.75) is 6.54 Å². The first kappa shape index (κ1) is 14.6. The van der Waals surface area contributed by atoms with Crippen molar-refractivity contribution in [1.82, 2.24) is 4.90 Å². The fourth-order valence-electron chi connectivity index (χ4n) is 1.98. The molecule has 0 fully saturated rings. The summed E-state index contributed by atoms with van der Waals surface area (Å²) in [7, 11) is 0. The van der Waals surface area contributed by atoms with Crippen molar-refractivity contribution in [1.29, 1.82) is 0 Å². The summed E-state index contributed by atoms with van der Waals surface area (Å²) < 4.78 is 0. The van der Waals surface area contributed by atoms with Crippen molar-refractivity contribution in [2.24, 2.45) is 0 Å². The molecule has 0 unspecified atom stereocenters. The Kier molecular flexibility index (Phi) is 5.16. The normalized spacial score (nSPS) is 10.3. The zero-order chi connectivity index (χ0) is 14.4. The maximum absolute atomic E-state index is 12.4. The molecular formula is C16H16ClNO2. The van der Waals surface area contributed by atoms with Gasteiger partial charge in [-0.25, -0.2) is 0 Å². The molecule has 1 amide bonds. The Bertz CT molecular complexity index is 572. The van der Waals surface area contributed by atoms with E-state index in [2.05, 4.69) is 0 Å². The molecule has 1 N–H and O–H groups in total. The third-order valence-corrected chi connectivity index (χ3v) is 3.18. The number of rotatable bonds is 5. The van der Waals surface area contributed by atoms with Crippen LogP contribution in [0.2, 0.25) is 5.02 Å². The third-order valence-electron chi connectivity index (χ3n) is 2.94. The van der Waals surface area contributed by atoms with Gasteiger partial charge >= 0.3 is 0 Å². The first-order valence-corrected chi connectivity index (χ1v) is 6.78. The average molecular weight is 290 g/mol. The van der Waals surface area contributed by atoms with Crippen LogP contribution in [0.15, 0.2) is 54.6 Å². The van der Waals surface area contributed by atoms with Crippen LogP contribution in [0, 0.1) is 0 Å². The van der Waals surface area contributed by atoms with Gasteiger partial charge in [0, 0.05) is 23.7 Å². The summed E-state index contributed by atoms with van der Waals surface area (Å²) in [5.41, 5.74) is 1.55. The van der Waals surface area contributed by atoms with Gasteiger partial charge < -0.3 is 10.0 Å². The number of nitrogens with zero attached hydrogens (tertiary/aromatic N) is 1. The molecule has 0 aliphatic rings. The monoisotopic (exact) mass is 289 g/mol. The predicted octanol–water partition coefficient (Wildman–Crippen LogP) is 2.97. The molecule has 4 heteroatoms. The summed E-state index contributed by atoms with van der Waals surface area (Å²) in [5, 5.41) is 9.67. The van der Waals surface area contributed by atoms with E-state index in [1.807, 2.05) is 30.3 Å². The van der Waals surface area contributed by atoms with Gasteiger partial charge in [0.15, 0.2) is 0 Å². The van der Waals surface area contributed by atoms with Crippen LogP contribution in [0.25, 0.3) is 0 Å². The zero-order valence-electron chi connectivity index (χ0n) is 11.0. The van der Waals surface area contributed by atoms with Crippen molar-refractivity contribution in [3.8, 4) is 0 Å². The van der Waals surface area contributed by atoms with Gasteiger partial charge in [0.05, 0.1) is 6.61 Å². The number of aliphatic hydroxyl groups is 1. The van der Waals surface area contributed by atoms with Gasteiger partial charge in [-0.1, -0.05) is 48.0 Å². The highest BCUT2D eigenvalue weighted by Gasteiger charge is 2.15. The molecule has 0 heterocycles. The van der Waals surface area contributed by atoms with Crippen LogP contribution in [0.3, 0.4) is 0 Å². The predicted molar refractivity (Wildman–Crippen MR) is 79.7 cm³/mol. The van der Waals surface area contributed by atoms with Gasteiger partial charge in [-0.05, 0) is 23.8 Å². The van der Waals surface area contributed by atoms with Crippen molar-refractivity contribution < 1.29 is 9.90 Å². The number of carbonyl (C=O) groups excluding carboxylic acids is 1. The average Bonchev–Trinajstić information content (AvgIpc) is 2.47. The molecule has 0 aromatic heterocycles. The number of hydrogen-bond donors (Lipinski definition) is 1. The summed E-state index contributed by atoms with van der Waals surface area (Å²) in [4.78, 5) is 14.1. The lowest BCUT2D eigenvalue weighted by Crippen LogP contribution is -2.33. The van der Waals surface area contributed by atoms with E-state index < -0.39 is 0 Å². The molecule has 2 aromatic carbocycles. The number of carbonyl (C=O) groups is 1. The summed E-state index contributed by atoms with van der Waals surface area (Å²) in [6, 6.07) is 16.5. The second kappa shape index (κ2) is 7.08. The van der Waals surface area contributed by atoms with E-state index in [9.17, 15) is 4.79 Å². The largest absolute Gasteiger partial charge is 0.395 e. The Morgan fingerprint density at radius 2 is 1.85 bits per heavy atom. The van der Waals surface area contributed by atoms with E-state index in [-0.39, 0.29) is 12.5 Å². The van der Waals surface area contributed by atoms with Crippen LogP contribution in [0.5, 0.6) is 0 Å². The summed E-state index contributed by atoms with van der Waals surface area (Å²) in [6.07, 6.45) is 0. The number of aliphatic hydroxyl groups excluding tert-OH is 1. The van der Waals surface area contributed by atoms with Gasteiger partial charge in [0.25, 0.3) is 5.91 Å². The van der Waals surface area contributed by atoms with Crippen LogP contribution >= 0.6 is 11.6 Å². The quantitative estimate of drug-likeness (QED) is 0.919. The van der Waals surface area contributed by atoms with Gasteiger partial charge in [-0.3, -0.25) is 4.79 Å². The van der Waals surface area contributed by atoms with Crippen LogP contribution in [0.1, 0.15) is 15.9 Å². The van der Waals surface area contributed by atoms with Crippen molar-refractivity contribution in [3.05, 3.63) is 70.7 Å². The van der Waals surface area contributed by atoms with E-state index in [0.717, 1.165) is 5.56 Å². The molecule has 104 valence electrons. The van der Waals surface area contributed by atoms with E-state index in [1.54, 1.807) is 29.2 Å². The second-order valence-electron chi connectivity index (χ2n) is 4.45. The highest BCUT2D eigenvalue weighted by atomic mass is 35.5. The number of amides is 1. The minimum atomic E-state index is -0.134. The first-order chi connectivity index (χ1) is 9.70. The van der Waals surface area contributed by atoms with Crippen molar-refractivity contribution in [3.63, 3.8) is 0 Å². The summed E-state index contributed by atoms with van der Waals surface area (Å²) in [5.74, 6) is -0.134. The Balaban J connectivity index is 2.18. The maximum atomic E-state index is 12.4. The molecule has 0 saturated heterocycles. The Morgan fingerprint density at radius 3 is 2.50 bits per heavy atom. The Hall–Kier alpha value is -1.84. The highest BCUT2D eigenvalue weighted by Crippen LogP contribution is 2.14. The molecule has 2 aromatic rings. The smallest absolute Gasteiger partial charge is 0.254 e. The molecule has 2 rings (SSSR count). The number of halogens is 1.